The zero-order chi connectivity index (χ0) is 16.1. The number of hydrogen-bond acceptors (Lipinski definition) is 3. The first-order chi connectivity index (χ1) is 11.2. The number of pyridine rings is 1. The highest BCUT2D eigenvalue weighted by atomic mass is 32.2. The van der Waals surface area contributed by atoms with E-state index in [1.54, 1.807) is 18.3 Å². The van der Waals surface area contributed by atoms with Crippen molar-refractivity contribution in [2.45, 2.75) is 30.6 Å². The largest absolute Gasteiger partial charge is 0.334 e. The van der Waals surface area contributed by atoms with Crippen molar-refractivity contribution in [1.82, 2.24) is 9.71 Å². The fourth-order valence-corrected chi connectivity index (χ4v) is 4.42. The van der Waals surface area contributed by atoms with Gasteiger partial charge in [0.1, 0.15) is 4.90 Å². The van der Waals surface area contributed by atoms with Gasteiger partial charge in [0.05, 0.1) is 31.7 Å². The maximum Gasteiger partial charge on any atom is 0.242 e. The van der Waals surface area contributed by atoms with Crippen LogP contribution in [-0.2, 0) is 10.0 Å². The minimum Gasteiger partial charge on any atom is -0.334 e. The number of hydrogen-bond donors (Lipinski definition) is 2. The summed E-state index contributed by atoms with van der Waals surface area (Å²) in [6.45, 7) is 3.62. The van der Waals surface area contributed by atoms with Gasteiger partial charge in [-0.3, -0.25) is 4.98 Å². The van der Waals surface area contributed by atoms with Crippen molar-refractivity contribution in [3.05, 3.63) is 36.5 Å². The highest BCUT2D eigenvalue weighted by Gasteiger charge is 2.19. The molecule has 124 valence electrons. The number of likely N-dealkylation sites (tertiary alicyclic amines) is 1. The van der Waals surface area contributed by atoms with E-state index in [4.69, 9.17) is 0 Å². The van der Waals surface area contributed by atoms with E-state index in [0.717, 1.165) is 25.0 Å². The Kier molecular flexibility index (Phi) is 5.25. The Morgan fingerprint density at radius 1 is 1.04 bits per heavy atom. The Bertz CT molecular complexity index is 748. The molecule has 1 aliphatic heterocycles. The molecule has 1 aromatic heterocycles. The third-order valence-electron chi connectivity index (χ3n) is 4.47. The number of aromatic nitrogens is 1. The van der Waals surface area contributed by atoms with Gasteiger partial charge >= 0.3 is 0 Å². The van der Waals surface area contributed by atoms with Gasteiger partial charge in [0, 0.05) is 11.6 Å². The van der Waals surface area contributed by atoms with E-state index >= 15 is 0 Å². The molecule has 1 fully saturated rings. The van der Waals surface area contributed by atoms with Crippen LogP contribution in [0, 0.1) is 0 Å². The third-order valence-corrected chi connectivity index (χ3v) is 5.96. The van der Waals surface area contributed by atoms with Crippen LogP contribution in [-0.4, -0.2) is 39.6 Å². The second-order valence-electron chi connectivity index (χ2n) is 6.14. The monoisotopic (exact) mass is 334 g/mol. The minimum absolute atomic E-state index is 0.265. The summed E-state index contributed by atoms with van der Waals surface area (Å²) in [5.74, 6) is 0. The van der Waals surface area contributed by atoms with Crippen molar-refractivity contribution in [2.75, 3.05) is 26.2 Å². The van der Waals surface area contributed by atoms with E-state index in [1.807, 2.05) is 18.2 Å². The van der Waals surface area contributed by atoms with Crippen molar-refractivity contribution < 1.29 is 13.3 Å². The third kappa shape index (κ3) is 4.07. The van der Waals surface area contributed by atoms with Gasteiger partial charge in [0.25, 0.3) is 0 Å². The lowest BCUT2D eigenvalue weighted by Gasteiger charge is -2.17. The van der Waals surface area contributed by atoms with Crippen LogP contribution in [0.2, 0.25) is 0 Å². The van der Waals surface area contributed by atoms with Crippen LogP contribution in [0.15, 0.2) is 41.4 Å². The summed E-state index contributed by atoms with van der Waals surface area (Å²) in [7, 11) is -3.52. The van der Waals surface area contributed by atoms with E-state index in [0.29, 0.717) is 12.1 Å². The first-order valence-corrected chi connectivity index (χ1v) is 9.82. The normalized spacial score (nSPS) is 17.2. The molecule has 0 atom stereocenters. The molecule has 2 heterocycles. The summed E-state index contributed by atoms with van der Waals surface area (Å²) in [5, 5.41) is 0.841. The van der Waals surface area contributed by atoms with E-state index < -0.39 is 10.0 Å². The Balaban J connectivity index is 1.68. The molecular weight excluding hydrogens is 310 g/mol. The lowest BCUT2D eigenvalue weighted by molar-refractivity contribution is -0.898. The summed E-state index contributed by atoms with van der Waals surface area (Å²) < 4.78 is 27.9. The maximum atomic E-state index is 12.6. The fourth-order valence-electron chi connectivity index (χ4n) is 3.21. The van der Waals surface area contributed by atoms with Gasteiger partial charge in [-0.05, 0) is 37.8 Å². The van der Waals surface area contributed by atoms with E-state index in [2.05, 4.69) is 9.71 Å². The van der Waals surface area contributed by atoms with Crippen molar-refractivity contribution in [1.29, 1.82) is 0 Å². The fraction of sp³-hybridized carbons (Fsp3) is 0.471. The number of fused-ring (bicyclic) bond motifs is 1. The molecule has 1 saturated heterocycles. The van der Waals surface area contributed by atoms with Gasteiger partial charge in [-0.25, -0.2) is 13.1 Å². The molecule has 1 aliphatic rings. The standard InChI is InChI=1S/C17H23N3O2S/c21-23(22,19-11-14-20-12-3-1-2-4-13-20)16-9-5-7-15-8-6-10-18-17(15)16/h5-10,19H,1-4,11-14H2/p+1. The number of nitrogens with zero attached hydrogens (tertiary/aromatic N) is 1. The Morgan fingerprint density at radius 3 is 2.57 bits per heavy atom. The molecule has 23 heavy (non-hydrogen) atoms. The Labute approximate surface area is 137 Å². The van der Waals surface area contributed by atoms with Crippen LogP contribution >= 0.6 is 0 Å². The minimum atomic E-state index is -3.52. The molecule has 6 heteroatoms. The van der Waals surface area contributed by atoms with Gasteiger partial charge in [0.2, 0.25) is 10.0 Å². The second kappa shape index (κ2) is 7.38. The van der Waals surface area contributed by atoms with Gasteiger partial charge in [-0.15, -0.1) is 0 Å². The summed E-state index contributed by atoms with van der Waals surface area (Å²) in [6.07, 6.45) is 6.72. The molecule has 5 nitrogen and oxygen atoms in total. The number of nitrogens with one attached hydrogen (secondary N) is 2. The molecule has 2 N–H and O–H groups in total. The quantitative estimate of drug-likeness (QED) is 0.856. The lowest BCUT2D eigenvalue weighted by Crippen LogP contribution is -3.12. The van der Waals surface area contributed by atoms with Crippen molar-refractivity contribution in [3.8, 4) is 0 Å². The highest BCUT2D eigenvalue weighted by molar-refractivity contribution is 7.89. The molecule has 0 saturated carbocycles. The van der Waals surface area contributed by atoms with Gasteiger partial charge < -0.3 is 4.90 Å². The topological polar surface area (TPSA) is 63.5 Å². The van der Waals surface area contributed by atoms with Crippen LogP contribution in [0.5, 0.6) is 0 Å². The highest BCUT2D eigenvalue weighted by Crippen LogP contribution is 2.20. The Morgan fingerprint density at radius 2 is 1.78 bits per heavy atom. The zero-order valence-electron chi connectivity index (χ0n) is 13.3. The van der Waals surface area contributed by atoms with Crippen molar-refractivity contribution >= 4 is 20.9 Å². The summed E-state index contributed by atoms with van der Waals surface area (Å²) >= 11 is 0. The summed E-state index contributed by atoms with van der Waals surface area (Å²) in [5.41, 5.74) is 0.532. The molecule has 0 unspecified atom stereocenters. The van der Waals surface area contributed by atoms with Crippen molar-refractivity contribution in [2.24, 2.45) is 0 Å². The number of quaternary nitrogens is 1. The maximum absolute atomic E-state index is 12.6. The SMILES string of the molecule is O=S(=O)(NCC[NH+]1CCCCCC1)c1cccc2cccnc12. The van der Waals surface area contributed by atoms with E-state index in [-0.39, 0.29) is 4.90 Å². The lowest BCUT2D eigenvalue weighted by atomic mass is 10.2. The molecule has 0 bridgehead atoms. The Hall–Kier alpha value is -1.50. The first-order valence-electron chi connectivity index (χ1n) is 8.34. The number of benzene rings is 1. The molecule has 1 aromatic carbocycles. The number of para-hydroxylation sites is 1. The molecule has 0 radical (unpaired) electrons. The van der Waals surface area contributed by atoms with Crippen LogP contribution in [0.3, 0.4) is 0 Å². The first kappa shape index (κ1) is 16.4. The van der Waals surface area contributed by atoms with Crippen LogP contribution < -0.4 is 9.62 Å². The van der Waals surface area contributed by atoms with Gasteiger partial charge in [-0.1, -0.05) is 18.2 Å². The number of sulfonamides is 1. The molecule has 0 aliphatic carbocycles. The average molecular weight is 334 g/mol. The second-order valence-corrected chi connectivity index (χ2v) is 7.88. The van der Waals surface area contributed by atoms with E-state index in [1.165, 1.54) is 30.6 Å². The van der Waals surface area contributed by atoms with Gasteiger partial charge in [0.15, 0.2) is 0 Å². The van der Waals surface area contributed by atoms with Gasteiger partial charge in [-0.2, -0.15) is 0 Å². The molecule has 0 amide bonds. The van der Waals surface area contributed by atoms with Crippen molar-refractivity contribution in [3.63, 3.8) is 0 Å². The molecular formula is C17H24N3O2S+. The van der Waals surface area contributed by atoms with Crippen LogP contribution in [0.1, 0.15) is 25.7 Å². The smallest absolute Gasteiger partial charge is 0.242 e. The van der Waals surface area contributed by atoms with Crippen LogP contribution in [0.4, 0.5) is 0 Å². The molecule has 0 spiro atoms. The predicted octanol–water partition coefficient (Wildman–Crippen LogP) is 0.972. The molecule has 2 aromatic rings. The average Bonchev–Trinajstić information content (AvgIpc) is 2.83. The van der Waals surface area contributed by atoms with E-state index in [9.17, 15) is 8.42 Å². The summed E-state index contributed by atoms with van der Waals surface area (Å²) in [4.78, 5) is 6.00. The predicted molar refractivity (Wildman–Crippen MR) is 91.0 cm³/mol. The van der Waals surface area contributed by atoms with Crippen LogP contribution in [0.25, 0.3) is 10.9 Å². The summed E-state index contributed by atoms with van der Waals surface area (Å²) in [6, 6.07) is 8.95. The molecule has 3 rings (SSSR count). The number of rotatable bonds is 5. The zero-order valence-corrected chi connectivity index (χ0v) is 14.1.